The third-order valence-corrected chi connectivity index (χ3v) is 5.25. The zero-order chi connectivity index (χ0) is 22.7. The molecule has 0 aliphatic carbocycles. The predicted octanol–water partition coefficient (Wildman–Crippen LogP) is 5.60. The first-order valence-corrected chi connectivity index (χ1v) is 10.0. The number of ether oxygens (including phenoxy) is 1. The summed E-state index contributed by atoms with van der Waals surface area (Å²) in [5.41, 5.74) is 1.17. The molecule has 1 saturated heterocycles. The molecule has 1 heterocycles. The highest BCUT2D eigenvalue weighted by Crippen LogP contribution is 2.32. The number of rotatable bonds is 4. The molecule has 8 heteroatoms. The Morgan fingerprint density at radius 1 is 0.938 bits per heavy atom. The summed E-state index contributed by atoms with van der Waals surface area (Å²) >= 11 is 0. The van der Waals surface area contributed by atoms with Crippen LogP contribution in [0.25, 0.3) is 11.1 Å². The Hall–Kier alpha value is -3.39. The van der Waals surface area contributed by atoms with E-state index in [9.17, 15) is 22.4 Å². The molecule has 1 aliphatic heterocycles. The number of morpholine rings is 1. The summed E-state index contributed by atoms with van der Waals surface area (Å²) in [5.74, 6) is -0.945. The first-order valence-electron chi connectivity index (χ1n) is 10.0. The van der Waals surface area contributed by atoms with Crippen molar-refractivity contribution < 1.29 is 27.1 Å². The first kappa shape index (κ1) is 21.8. The van der Waals surface area contributed by atoms with Gasteiger partial charge in [-0.15, -0.1) is 0 Å². The van der Waals surface area contributed by atoms with Crippen molar-refractivity contribution in [2.24, 2.45) is 0 Å². The van der Waals surface area contributed by atoms with E-state index >= 15 is 0 Å². The Kier molecular flexibility index (Phi) is 6.14. The summed E-state index contributed by atoms with van der Waals surface area (Å²) < 4.78 is 58.5. The second-order valence-corrected chi connectivity index (χ2v) is 7.34. The van der Waals surface area contributed by atoms with Gasteiger partial charge in [-0.2, -0.15) is 13.2 Å². The Balaban J connectivity index is 1.55. The van der Waals surface area contributed by atoms with E-state index in [-0.39, 0.29) is 11.3 Å². The van der Waals surface area contributed by atoms with Gasteiger partial charge in [-0.25, -0.2) is 4.39 Å². The van der Waals surface area contributed by atoms with Gasteiger partial charge in [0.25, 0.3) is 5.91 Å². The van der Waals surface area contributed by atoms with Crippen LogP contribution < -0.4 is 10.2 Å². The molecule has 1 fully saturated rings. The van der Waals surface area contributed by atoms with Gasteiger partial charge in [-0.1, -0.05) is 30.3 Å². The van der Waals surface area contributed by atoms with Gasteiger partial charge in [-0.3, -0.25) is 4.79 Å². The number of carbonyl (C=O) groups is 1. The summed E-state index contributed by atoms with van der Waals surface area (Å²) in [7, 11) is 0. The van der Waals surface area contributed by atoms with E-state index in [1.165, 1.54) is 18.2 Å². The molecule has 166 valence electrons. The number of anilines is 2. The van der Waals surface area contributed by atoms with Crippen molar-refractivity contribution in [2.75, 3.05) is 36.5 Å². The van der Waals surface area contributed by atoms with Crippen LogP contribution in [0.2, 0.25) is 0 Å². The van der Waals surface area contributed by atoms with Gasteiger partial charge in [0.05, 0.1) is 24.5 Å². The van der Waals surface area contributed by atoms with Gasteiger partial charge in [0.15, 0.2) is 0 Å². The van der Waals surface area contributed by atoms with Crippen LogP contribution in [0.1, 0.15) is 15.9 Å². The fourth-order valence-corrected chi connectivity index (χ4v) is 3.62. The van der Waals surface area contributed by atoms with E-state index in [2.05, 4.69) is 5.32 Å². The molecule has 0 spiro atoms. The molecule has 3 aromatic rings. The summed E-state index contributed by atoms with van der Waals surface area (Å²) in [6, 6.07) is 15.7. The second-order valence-electron chi connectivity index (χ2n) is 7.34. The number of hydrogen-bond donors (Lipinski definition) is 1. The summed E-state index contributed by atoms with van der Waals surface area (Å²) in [6.07, 6.45) is -4.44. The first-order chi connectivity index (χ1) is 15.3. The van der Waals surface area contributed by atoms with Crippen molar-refractivity contribution in [2.45, 2.75) is 6.18 Å². The topological polar surface area (TPSA) is 41.6 Å². The van der Waals surface area contributed by atoms with Crippen LogP contribution in [-0.4, -0.2) is 32.2 Å². The van der Waals surface area contributed by atoms with Crippen molar-refractivity contribution in [3.63, 3.8) is 0 Å². The number of carbonyl (C=O) groups excluding carboxylic acids is 1. The van der Waals surface area contributed by atoms with E-state index in [4.69, 9.17) is 4.74 Å². The SMILES string of the molecule is O=C(Nc1ccc(N2CCOCC2)c(F)c1)c1ccccc1-c1ccc(C(F)(F)F)cc1. The minimum atomic E-state index is -4.44. The average Bonchev–Trinajstić information content (AvgIpc) is 2.79. The van der Waals surface area contributed by atoms with E-state index in [1.807, 2.05) is 4.90 Å². The molecule has 0 saturated carbocycles. The van der Waals surface area contributed by atoms with E-state index in [1.54, 1.807) is 36.4 Å². The molecule has 3 aromatic carbocycles. The van der Waals surface area contributed by atoms with Crippen LogP contribution in [-0.2, 0) is 10.9 Å². The molecule has 1 N–H and O–H groups in total. The lowest BCUT2D eigenvalue weighted by molar-refractivity contribution is -0.137. The molecule has 1 aliphatic rings. The molecular formula is C24H20F4N2O2. The fourth-order valence-electron chi connectivity index (χ4n) is 3.62. The molecule has 1 amide bonds. The van der Waals surface area contributed by atoms with Gasteiger partial charge in [0.1, 0.15) is 5.82 Å². The van der Waals surface area contributed by atoms with Gasteiger partial charge in [0, 0.05) is 24.3 Å². The number of benzene rings is 3. The lowest BCUT2D eigenvalue weighted by atomic mass is 9.98. The Bertz CT molecular complexity index is 1110. The smallest absolute Gasteiger partial charge is 0.378 e. The summed E-state index contributed by atoms with van der Waals surface area (Å²) in [4.78, 5) is 14.8. The minimum Gasteiger partial charge on any atom is -0.378 e. The normalized spacial score (nSPS) is 14.3. The van der Waals surface area contributed by atoms with Gasteiger partial charge >= 0.3 is 6.18 Å². The van der Waals surface area contributed by atoms with Crippen LogP contribution in [0.4, 0.5) is 28.9 Å². The van der Waals surface area contributed by atoms with Crippen LogP contribution in [0.3, 0.4) is 0 Å². The standard InChI is InChI=1S/C24H20F4N2O2/c25-21-15-18(9-10-22(21)30-11-13-32-14-12-30)29-23(31)20-4-2-1-3-19(20)16-5-7-17(8-6-16)24(26,27)28/h1-10,15H,11-14H2,(H,29,31). The Labute approximate surface area is 182 Å². The quantitative estimate of drug-likeness (QED) is 0.533. The second kappa shape index (κ2) is 9.00. The molecule has 0 atom stereocenters. The molecule has 4 nitrogen and oxygen atoms in total. The highest BCUT2D eigenvalue weighted by molar-refractivity contribution is 6.08. The molecule has 0 radical (unpaired) electrons. The predicted molar refractivity (Wildman–Crippen MR) is 114 cm³/mol. The maximum absolute atomic E-state index is 14.6. The van der Waals surface area contributed by atoms with Gasteiger partial charge < -0.3 is 15.0 Å². The molecule has 4 rings (SSSR count). The van der Waals surface area contributed by atoms with Crippen molar-refractivity contribution >= 4 is 17.3 Å². The lowest BCUT2D eigenvalue weighted by Gasteiger charge is -2.29. The average molecular weight is 444 g/mol. The number of nitrogens with zero attached hydrogens (tertiary/aromatic N) is 1. The van der Waals surface area contributed by atoms with Gasteiger partial charge in [0.2, 0.25) is 0 Å². The minimum absolute atomic E-state index is 0.268. The maximum Gasteiger partial charge on any atom is 0.416 e. The van der Waals surface area contributed by atoms with Crippen molar-refractivity contribution in [1.29, 1.82) is 0 Å². The third kappa shape index (κ3) is 4.75. The van der Waals surface area contributed by atoms with E-state index < -0.39 is 23.5 Å². The Morgan fingerprint density at radius 2 is 1.62 bits per heavy atom. The number of nitrogens with one attached hydrogen (secondary N) is 1. The number of halogens is 4. The highest BCUT2D eigenvalue weighted by atomic mass is 19.4. The molecule has 0 aromatic heterocycles. The Morgan fingerprint density at radius 3 is 2.28 bits per heavy atom. The zero-order valence-corrected chi connectivity index (χ0v) is 17.0. The molecule has 0 bridgehead atoms. The van der Waals surface area contributed by atoms with Crippen molar-refractivity contribution in [3.8, 4) is 11.1 Å². The molecule has 32 heavy (non-hydrogen) atoms. The summed E-state index contributed by atoms with van der Waals surface area (Å²) in [6.45, 7) is 2.23. The van der Waals surface area contributed by atoms with Gasteiger partial charge in [-0.05, 0) is 47.5 Å². The maximum atomic E-state index is 14.6. The molecular weight excluding hydrogens is 424 g/mol. The van der Waals surface area contributed by atoms with Crippen LogP contribution in [0.5, 0.6) is 0 Å². The largest absolute Gasteiger partial charge is 0.416 e. The number of hydrogen-bond acceptors (Lipinski definition) is 3. The summed E-state index contributed by atoms with van der Waals surface area (Å²) in [5, 5.41) is 2.67. The number of alkyl halides is 3. The monoisotopic (exact) mass is 444 g/mol. The zero-order valence-electron chi connectivity index (χ0n) is 17.0. The van der Waals surface area contributed by atoms with Crippen molar-refractivity contribution in [3.05, 3.63) is 83.7 Å². The highest BCUT2D eigenvalue weighted by Gasteiger charge is 2.30. The van der Waals surface area contributed by atoms with Crippen LogP contribution in [0.15, 0.2) is 66.7 Å². The van der Waals surface area contributed by atoms with Crippen molar-refractivity contribution in [1.82, 2.24) is 0 Å². The van der Waals surface area contributed by atoms with Crippen LogP contribution >= 0.6 is 0 Å². The lowest BCUT2D eigenvalue weighted by Crippen LogP contribution is -2.36. The van der Waals surface area contributed by atoms with Crippen LogP contribution in [0, 0.1) is 5.82 Å². The molecule has 0 unspecified atom stereocenters. The number of amides is 1. The van der Waals surface area contributed by atoms with E-state index in [0.29, 0.717) is 43.1 Å². The third-order valence-electron chi connectivity index (χ3n) is 5.25. The fraction of sp³-hybridized carbons (Fsp3) is 0.208. The van der Waals surface area contributed by atoms with E-state index in [0.717, 1.165) is 12.1 Å².